The van der Waals surface area contributed by atoms with Crippen LogP contribution in [0.4, 0.5) is 10.5 Å². The maximum absolute atomic E-state index is 13.3. The van der Waals surface area contributed by atoms with Crippen molar-refractivity contribution in [3.63, 3.8) is 0 Å². The first-order chi connectivity index (χ1) is 14.1. The lowest BCUT2D eigenvalue weighted by molar-refractivity contribution is 0.181. The van der Waals surface area contributed by atoms with E-state index < -0.39 is 0 Å². The quantitative estimate of drug-likeness (QED) is 0.671. The van der Waals surface area contributed by atoms with Gasteiger partial charge in [-0.3, -0.25) is 0 Å². The van der Waals surface area contributed by atoms with Crippen LogP contribution in [-0.2, 0) is 6.54 Å². The van der Waals surface area contributed by atoms with Crippen LogP contribution in [0.15, 0.2) is 60.8 Å². The third-order valence-electron chi connectivity index (χ3n) is 5.13. The Balaban J connectivity index is 1.68. The Morgan fingerprint density at radius 2 is 1.83 bits per heavy atom. The summed E-state index contributed by atoms with van der Waals surface area (Å²) in [5, 5.41) is 3.65. The molecular weight excluding hydrogens is 390 g/mol. The van der Waals surface area contributed by atoms with Gasteiger partial charge in [-0.25, -0.2) is 4.79 Å². The van der Waals surface area contributed by atoms with Gasteiger partial charge in [0.2, 0.25) is 0 Å². The average Bonchev–Trinajstić information content (AvgIpc) is 3.22. The van der Waals surface area contributed by atoms with E-state index in [1.54, 1.807) is 26.4 Å². The molecule has 2 amide bonds. The number of para-hydroxylation sites is 1. The Morgan fingerprint density at radius 1 is 1.03 bits per heavy atom. The minimum Gasteiger partial charge on any atom is -0.493 e. The molecule has 2 aromatic carbocycles. The summed E-state index contributed by atoms with van der Waals surface area (Å²) in [6, 6.07) is 16.6. The van der Waals surface area contributed by atoms with Crippen LogP contribution in [0.5, 0.6) is 11.5 Å². The van der Waals surface area contributed by atoms with E-state index in [4.69, 9.17) is 21.1 Å². The highest BCUT2D eigenvalue weighted by atomic mass is 35.5. The maximum atomic E-state index is 13.3. The van der Waals surface area contributed by atoms with E-state index in [0.717, 1.165) is 17.8 Å². The lowest BCUT2D eigenvalue weighted by atomic mass is 10.0. The Hall–Kier alpha value is -3.12. The van der Waals surface area contributed by atoms with Crippen LogP contribution in [0.3, 0.4) is 0 Å². The Labute approximate surface area is 174 Å². The van der Waals surface area contributed by atoms with Gasteiger partial charge in [0.1, 0.15) is 0 Å². The third kappa shape index (κ3) is 3.63. The van der Waals surface area contributed by atoms with Gasteiger partial charge in [-0.05, 0) is 42.0 Å². The second-order valence-corrected chi connectivity index (χ2v) is 7.18. The molecule has 1 aromatic heterocycles. The minimum absolute atomic E-state index is 0.205. The number of anilines is 1. The monoisotopic (exact) mass is 411 g/mol. The molecule has 2 heterocycles. The number of hydrogen-bond donors (Lipinski definition) is 1. The first-order valence-corrected chi connectivity index (χ1v) is 9.69. The van der Waals surface area contributed by atoms with Crippen LogP contribution >= 0.6 is 11.6 Å². The van der Waals surface area contributed by atoms with Crippen LogP contribution in [0.2, 0.25) is 5.02 Å². The Kier molecular flexibility index (Phi) is 5.36. The van der Waals surface area contributed by atoms with E-state index in [0.29, 0.717) is 28.8 Å². The van der Waals surface area contributed by atoms with Gasteiger partial charge >= 0.3 is 6.03 Å². The molecule has 150 valence electrons. The molecule has 29 heavy (non-hydrogen) atoms. The molecule has 1 atom stereocenters. The van der Waals surface area contributed by atoms with Crippen molar-refractivity contribution in [3.8, 4) is 11.5 Å². The number of carbonyl (C=O) groups is 1. The maximum Gasteiger partial charge on any atom is 0.322 e. The summed E-state index contributed by atoms with van der Waals surface area (Å²) in [5.74, 6) is 1.05. The number of fused-ring (bicyclic) bond motifs is 1. The van der Waals surface area contributed by atoms with Crippen molar-refractivity contribution >= 4 is 23.3 Å². The van der Waals surface area contributed by atoms with Gasteiger partial charge < -0.3 is 24.3 Å². The molecule has 0 fully saturated rings. The Bertz CT molecular complexity index is 1020. The molecule has 0 saturated heterocycles. The van der Waals surface area contributed by atoms with Gasteiger partial charge in [-0.1, -0.05) is 29.8 Å². The number of benzene rings is 2. The fourth-order valence-corrected chi connectivity index (χ4v) is 3.90. The number of rotatable bonds is 4. The van der Waals surface area contributed by atoms with E-state index in [9.17, 15) is 4.79 Å². The van der Waals surface area contributed by atoms with E-state index in [2.05, 4.69) is 9.88 Å². The molecule has 0 spiro atoms. The molecule has 1 aliphatic rings. The van der Waals surface area contributed by atoms with Gasteiger partial charge in [0.25, 0.3) is 0 Å². The number of amides is 2. The summed E-state index contributed by atoms with van der Waals surface area (Å²) in [7, 11) is 3.12. The SMILES string of the molecule is COc1cccc(NC(=O)N2CCn3cccc3[C@H]2c2ccc(Cl)cc2)c1OC. The molecule has 4 rings (SSSR count). The van der Waals surface area contributed by atoms with Gasteiger partial charge in [-0.15, -0.1) is 0 Å². The van der Waals surface area contributed by atoms with Crippen LogP contribution in [0, 0.1) is 0 Å². The largest absolute Gasteiger partial charge is 0.493 e. The zero-order valence-corrected chi connectivity index (χ0v) is 17.0. The van der Waals surface area contributed by atoms with Crippen LogP contribution in [-0.4, -0.2) is 36.3 Å². The second-order valence-electron chi connectivity index (χ2n) is 6.75. The van der Waals surface area contributed by atoms with Crippen LogP contribution in [0.25, 0.3) is 0 Å². The van der Waals surface area contributed by atoms with Gasteiger partial charge in [0.15, 0.2) is 11.5 Å². The number of ether oxygens (including phenoxy) is 2. The van der Waals surface area contributed by atoms with Crippen molar-refractivity contribution in [1.82, 2.24) is 9.47 Å². The number of hydrogen-bond acceptors (Lipinski definition) is 3. The molecule has 6 nitrogen and oxygen atoms in total. The van der Waals surface area contributed by atoms with Gasteiger partial charge in [0, 0.05) is 30.0 Å². The number of urea groups is 1. The lowest BCUT2D eigenvalue weighted by Crippen LogP contribution is -2.44. The average molecular weight is 412 g/mol. The zero-order valence-electron chi connectivity index (χ0n) is 16.3. The van der Waals surface area contributed by atoms with Crippen LogP contribution in [0.1, 0.15) is 17.3 Å². The number of methoxy groups -OCH3 is 2. The molecule has 7 heteroatoms. The van der Waals surface area contributed by atoms with Crippen molar-refractivity contribution in [1.29, 1.82) is 0 Å². The number of aromatic nitrogens is 1. The molecule has 1 N–H and O–H groups in total. The summed E-state index contributed by atoms with van der Waals surface area (Å²) in [6.07, 6.45) is 2.04. The van der Waals surface area contributed by atoms with E-state index in [1.165, 1.54) is 0 Å². The summed E-state index contributed by atoms with van der Waals surface area (Å²) in [4.78, 5) is 15.1. The number of carbonyl (C=O) groups excluding carboxylic acids is 1. The third-order valence-corrected chi connectivity index (χ3v) is 5.38. The smallest absolute Gasteiger partial charge is 0.322 e. The van der Waals surface area contributed by atoms with Crippen LogP contribution < -0.4 is 14.8 Å². The predicted octanol–water partition coefficient (Wildman–Crippen LogP) is 4.80. The highest BCUT2D eigenvalue weighted by Gasteiger charge is 2.32. The van der Waals surface area contributed by atoms with Crippen molar-refractivity contribution in [2.45, 2.75) is 12.6 Å². The fraction of sp³-hybridized carbons (Fsp3) is 0.227. The Morgan fingerprint density at radius 3 is 2.55 bits per heavy atom. The molecule has 0 unspecified atom stereocenters. The molecule has 3 aromatic rings. The van der Waals surface area contributed by atoms with Crippen molar-refractivity contribution in [3.05, 3.63) is 77.1 Å². The number of halogens is 1. The molecule has 0 radical (unpaired) electrons. The summed E-state index contributed by atoms with van der Waals surface area (Å²) >= 11 is 6.07. The first-order valence-electron chi connectivity index (χ1n) is 9.31. The normalized spacial score (nSPS) is 15.6. The molecule has 0 aliphatic carbocycles. The van der Waals surface area contributed by atoms with Gasteiger partial charge in [-0.2, -0.15) is 0 Å². The minimum atomic E-state index is -0.215. The summed E-state index contributed by atoms with van der Waals surface area (Å²) < 4.78 is 13.0. The van der Waals surface area contributed by atoms with E-state index >= 15 is 0 Å². The number of nitrogens with one attached hydrogen (secondary N) is 1. The summed E-state index contributed by atoms with van der Waals surface area (Å²) in [5.41, 5.74) is 2.63. The highest BCUT2D eigenvalue weighted by molar-refractivity contribution is 6.30. The topological polar surface area (TPSA) is 55.7 Å². The molecular formula is C22H22ClN3O3. The fourth-order valence-electron chi connectivity index (χ4n) is 3.77. The summed E-state index contributed by atoms with van der Waals surface area (Å²) in [6.45, 7) is 1.31. The molecule has 0 saturated carbocycles. The lowest BCUT2D eigenvalue weighted by Gasteiger charge is -2.37. The van der Waals surface area contributed by atoms with Gasteiger partial charge in [0.05, 0.1) is 25.9 Å². The zero-order chi connectivity index (χ0) is 20.4. The van der Waals surface area contributed by atoms with Crippen molar-refractivity contribution < 1.29 is 14.3 Å². The van der Waals surface area contributed by atoms with Crippen molar-refractivity contribution in [2.24, 2.45) is 0 Å². The second kappa shape index (κ2) is 8.09. The van der Waals surface area contributed by atoms with E-state index in [1.807, 2.05) is 53.6 Å². The highest BCUT2D eigenvalue weighted by Crippen LogP contribution is 2.37. The predicted molar refractivity (Wildman–Crippen MR) is 113 cm³/mol. The first kappa shape index (κ1) is 19.2. The van der Waals surface area contributed by atoms with Crippen molar-refractivity contribution in [2.75, 3.05) is 26.1 Å². The standard InChI is InChI=1S/C22H22ClN3O3/c1-28-19-7-3-5-17(21(19)29-2)24-22(27)26-14-13-25-12-4-6-18(25)20(26)15-8-10-16(23)11-9-15/h3-12,20H,13-14H2,1-2H3,(H,24,27)/t20-/m1/s1. The molecule has 1 aliphatic heterocycles. The molecule has 0 bridgehead atoms. The van der Waals surface area contributed by atoms with E-state index in [-0.39, 0.29) is 12.1 Å². The number of nitrogens with zero attached hydrogens (tertiary/aromatic N) is 2.